The highest BCUT2D eigenvalue weighted by Crippen LogP contribution is 2.36. The summed E-state index contributed by atoms with van der Waals surface area (Å²) in [6.45, 7) is 4.70. The highest BCUT2D eigenvalue weighted by atomic mass is 16.7. The number of aliphatic imine (C=N–C) groups is 1. The molecule has 2 aromatic rings. The fraction of sp³-hybridized carbons (Fsp3) is 0.316. The molecule has 0 saturated heterocycles. The van der Waals surface area contributed by atoms with Crippen LogP contribution >= 0.6 is 0 Å². The molecule has 120 valence electrons. The summed E-state index contributed by atoms with van der Waals surface area (Å²) in [4.78, 5) is 4.53. The van der Waals surface area contributed by atoms with Crippen LogP contribution in [-0.4, -0.2) is 19.6 Å². The van der Waals surface area contributed by atoms with Crippen LogP contribution in [0.15, 0.2) is 41.4 Å². The Bertz CT molecular complexity index is 734. The van der Waals surface area contributed by atoms with Gasteiger partial charge in [-0.25, -0.2) is 0 Å². The maximum atomic E-state index is 5.80. The molecule has 3 rings (SSSR count). The molecule has 0 fully saturated rings. The van der Waals surface area contributed by atoms with Crippen LogP contribution in [0.3, 0.4) is 0 Å². The fourth-order valence-electron chi connectivity index (χ4n) is 2.86. The first-order valence-corrected chi connectivity index (χ1v) is 7.84. The number of hydrogen-bond donors (Lipinski definition) is 1. The summed E-state index contributed by atoms with van der Waals surface area (Å²) in [5.41, 5.74) is 10.9. The molecule has 0 aromatic heterocycles. The highest BCUT2D eigenvalue weighted by Gasteiger charge is 2.20. The summed E-state index contributed by atoms with van der Waals surface area (Å²) in [5, 5.41) is 0. The maximum Gasteiger partial charge on any atom is 0.231 e. The summed E-state index contributed by atoms with van der Waals surface area (Å²) in [6.07, 6.45) is 0.958. The van der Waals surface area contributed by atoms with Crippen molar-refractivity contribution in [3.8, 4) is 11.5 Å². The summed E-state index contributed by atoms with van der Waals surface area (Å²) in [5.74, 6) is 2.14. The number of hydrogen-bond acceptors (Lipinski definition) is 4. The van der Waals surface area contributed by atoms with E-state index in [1.54, 1.807) is 0 Å². The minimum Gasteiger partial charge on any atom is -0.454 e. The van der Waals surface area contributed by atoms with Crippen LogP contribution in [-0.2, 0) is 6.42 Å². The second-order valence-electron chi connectivity index (χ2n) is 6.15. The zero-order chi connectivity index (χ0) is 16.4. The van der Waals surface area contributed by atoms with Gasteiger partial charge in [-0.1, -0.05) is 26.0 Å². The lowest BCUT2D eigenvalue weighted by molar-refractivity contribution is 0.174. The predicted molar refractivity (Wildman–Crippen MR) is 93.5 cm³/mol. The number of benzene rings is 2. The van der Waals surface area contributed by atoms with Gasteiger partial charge in [0.25, 0.3) is 0 Å². The molecular formula is C19H22N2O2. The summed E-state index contributed by atoms with van der Waals surface area (Å²) in [7, 11) is 1.81. The van der Waals surface area contributed by atoms with Gasteiger partial charge < -0.3 is 15.2 Å². The van der Waals surface area contributed by atoms with Crippen molar-refractivity contribution in [1.82, 2.24) is 0 Å². The molecule has 2 N–H and O–H groups in total. The van der Waals surface area contributed by atoms with Gasteiger partial charge in [0.15, 0.2) is 11.5 Å². The quantitative estimate of drug-likeness (QED) is 0.692. The number of rotatable bonds is 4. The van der Waals surface area contributed by atoms with E-state index in [0.29, 0.717) is 5.92 Å². The Morgan fingerprint density at radius 1 is 1.13 bits per heavy atom. The molecule has 23 heavy (non-hydrogen) atoms. The van der Waals surface area contributed by atoms with Gasteiger partial charge >= 0.3 is 0 Å². The molecule has 0 unspecified atom stereocenters. The van der Waals surface area contributed by atoms with Gasteiger partial charge in [-0.15, -0.1) is 0 Å². The normalized spacial score (nSPS) is 13.7. The zero-order valence-corrected chi connectivity index (χ0v) is 13.8. The van der Waals surface area contributed by atoms with Gasteiger partial charge in [0.1, 0.15) is 0 Å². The van der Waals surface area contributed by atoms with E-state index in [4.69, 9.17) is 15.2 Å². The molecule has 1 aliphatic heterocycles. The molecule has 1 heterocycles. The van der Waals surface area contributed by atoms with Crippen LogP contribution in [0.4, 0.5) is 5.69 Å². The lowest BCUT2D eigenvalue weighted by Crippen LogP contribution is -2.09. The largest absolute Gasteiger partial charge is 0.454 e. The maximum absolute atomic E-state index is 5.80. The molecule has 0 atom stereocenters. The van der Waals surface area contributed by atoms with Crippen LogP contribution < -0.4 is 15.2 Å². The van der Waals surface area contributed by atoms with Gasteiger partial charge in [0.2, 0.25) is 6.79 Å². The van der Waals surface area contributed by atoms with E-state index in [0.717, 1.165) is 40.4 Å². The average Bonchev–Trinajstić information content (AvgIpc) is 2.96. The standard InChI is InChI=1S/C19H22N2O2/c1-12(2)8-14-9-17-18(23-11-22-17)10-16(14)19(21-3)13-4-6-15(20)7-5-13/h4-7,9-10,12H,8,11,20H2,1-3H3. The molecule has 0 saturated carbocycles. The van der Waals surface area contributed by atoms with Crippen molar-refractivity contribution in [3.63, 3.8) is 0 Å². The molecule has 2 aromatic carbocycles. The zero-order valence-electron chi connectivity index (χ0n) is 13.8. The van der Waals surface area contributed by atoms with Crippen molar-refractivity contribution in [2.24, 2.45) is 10.9 Å². The Balaban J connectivity index is 2.10. The monoisotopic (exact) mass is 310 g/mol. The van der Waals surface area contributed by atoms with E-state index in [1.807, 2.05) is 37.4 Å². The summed E-state index contributed by atoms with van der Waals surface area (Å²) >= 11 is 0. The third-order valence-corrected chi connectivity index (χ3v) is 3.89. The molecule has 0 amide bonds. The van der Waals surface area contributed by atoms with Crippen LogP contribution in [0.5, 0.6) is 11.5 Å². The number of nitrogen functional groups attached to an aromatic ring is 1. The van der Waals surface area contributed by atoms with Gasteiger partial charge in [0, 0.05) is 23.9 Å². The van der Waals surface area contributed by atoms with Crippen molar-refractivity contribution < 1.29 is 9.47 Å². The number of fused-ring (bicyclic) bond motifs is 1. The van der Waals surface area contributed by atoms with Crippen molar-refractivity contribution in [1.29, 1.82) is 0 Å². The van der Waals surface area contributed by atoms with Crippen molar-refractivity contribution in [3.05, 3.63) is 53.1 Å². The first kappa shape index (κ1) is 15.4. The van der Waals surface area contributed by atoms with Crippen LogP contribution in [0.25, 0.3) is 0 Å². The van der Waals surface area contributed by atoms with Gasteiger partial charge in [0.05, 0.1) is 5.71 Å². The van der Waals surface area contributed by atoms with E-state index in [2.05, 4.69) is 24.9 Å². The van der Waals surface area contributed by atoms with E-state index >= 15 is 0 Å². The van der Waals surface area contributed by atoms with Crippen LogP contribution in [0.1, 0.15) is 30.5 Å². The number of nitrogens with zero attached hydrogens (tertiary/aromatic N) is 1. The van der Waals surface area contributed by atoms with Crippen LogP contribution in [0, 0.1) is 5.92 Å². The van der Waals surface area contributed by atoms with E-state index in [-0.39, 0.29) is 6.79 Å². The Kier molecular flexibility index (Phi) is 4.24. The third-order valence-electron chi connectivity index (χ3n) is 3.89. The molecular weight excluding hydrogens is 288 g/mol. The first-order chi connectivity index (χ1) is 11.1. The van der Waals surface area contributed by atoms with Crippen molar-refractivity contribution in [2.75, 3.05) is 19.6 Å². The molecule has 0 aliphatic carbocycles. The molecule has 0 bridgehead atoms. The topological polar surface area (TPSA) is 56.8 Å². The highest BCUT2D eigenvalue weighted by molar-refractivity contribution is 6.14. The lowest BCUT2D eigenvalue weighted by atomic mass is 9.92. The Morgan fingerprint density at radius 3 is 2.39 bits per heavy atom. The minimum atomic E-state index is 0.278. The summed E-state index contributed by atoms with van der Waals surface area (Å²) < 4.78 is 11.1. The number of ether oxygens (including phenoxy) is 2. The van der Waals surface area contributed by atoms with Crippen LogP contribution in [0.2, 0.25) is 0 Å². The Morgan fingerprint density at radius 2 is 1.78 bits per heavy atom. The molecule has 4 heteroatoms. The van der Waals surface area contributed by atoms with Gasteiger partial charge in [-0.05, 0) is 42.2 Å². The average molecular weight is 310 g/mol. The first-order valence-electron chi connectivity index (χ1n) is 7.84. The molecule has 4 nitrogen and oxygen atoms in total. The molecule has 1 aliphatic rings. The predicted octanol–water partition coefficient (Wildman–Crippen LogP) is 3.66. The fourth-order valence-corrected chi connectivity index (χ4v) is 2.86. The van der Waals surface area contributed by atoms with Crippen molar-refractivity contribution >= 4 is 11.4 Å². The lowest BCUT2D eigenvalue weighted by Gasteiger charge is -2.15. The van der Waals surface area contributed by atoms with Crippen molar-refractivity contribution in [2.45, 2.75) is 20.3 Å². The van der Waals surface area contributed by atoms with Gasteiger partial charge in [-0.3, -0.25) is 4.99 Å². The van der Waals surface area contributed by atoms with E-state index in [9.17, 15) is 0 Å². The number of nitrogens with two attached hydrogens (primary N) is 1. The third kappa shape index (κ3) is 3.16. The minimum absolute atomic E-state index is 0.278. The smallest absolute Gasteiger partial charge is 0.231 e. The summed E-state index contributed by atoms with van der Waals surface area (Å²) in [6, 6.07) is 11.9. The van der Waals surface area contributed by atoms with E-state index < -0.39 is 0 Å². The second kappa shape index (κ2) is 6.32. The molecule has 0 spiro atoms. The Hall–Kier alpha value is -2.49. The number of anilines is 1. The SMILES string of the molecule is CN=C(c1ccc(N)cc1)c1cc2c(cc1CC(C)C)OCO2. The second-order valence-corrected chi connectivity index (χ2v) is 6.15. The Labute approximate surface area is 136 Å². The molecule has 0 radical (unpaired) electrons. The van der Waals surface area contributed by atoms with E-state index in [1.165, 1.54) is 5.56 Å². The van der Waals surface area contributed by atoms with Gasteiger partial charge in [-0.2, -0.15) is 0 Å².